The molecule has 10 aromatic rings. The Balaban J connectivity index is 1.22. The molecule has 8 aromatic carbocycles. The van der Waals surface area contributed by atoms with Gasteiger partial charge in [-0.25, -0.2) is 15.0 Å². The molecule has 0 aliphatic rings. The zero-order valence-electron chi connectivity index (χ0n) is 26.3. The van der Waals surface area contributed by atoms with Gasteiger partial charge >= 0.3 is 0 Å². The van der Waals surface area contributed by atoms with E-state index in [1.165, 1.54) is 26.9 Å². The summed E-state index contributed by atoms with van der Waals surface area (Å²) < 4.78 is 6.57. The summed E-state index contributed by atoms with van der Waals surface area (Å²) in [5.41, 5.74) is 6.53. The third-order valence-corrected chi connectivity index (χ3v) is 9.50. The Kier molecular flexibility index (Phi) is 6.15. The van der Waals surface area contributed by atoms with Crippen LogP contribution in [0, 0.1) is 0 Å². The topological polar surface area (TPSA) is 51.8 Å². The number of para-hydroxylation sites is 1. The van der Waals surface area contributed by atoms with Gasteiger partial charge in [0.15, 0.2) is 17.5 Å². The number of furan rings is 1. The van der Waals surface area contributed by atoms with Crippen molar-refractivity contribution in [2.45, 2.75) is 0 Å². The van der Waals surface area contributed by atoms with Crippen LogP contribution in [0.15, 0.2) is 168 Å². The summed E-state index contributed by atoms with van der Waals surface area (Å²) in [5.74, 6) is 1.85. The molecule has 2 heterocycles. The van der Waals surface area contributed by atoms with Crippen LogP contribution in [-0.4, -0.2) is 15.0 Å². The molecular weight excluding hydrogens is 599 g/mol. The van der Waals surface area contributed by atoms with E-state index < -0.39 is 0 Å². The molecule has 0 fully saturated rings. The maximum atomic E-state index is 6.57. The van der Waals surface area contributed by atoms with Crippen molar-refractivity contribution in [2.24, 2.45) is 0 Å². The summed E-state index contributed by atoms with van der Waals surface area (Å²) >= 11 is 0. The first-order valence-electron chi connectivity index (χ1n) is 16.4. The Bertz CT molecular complexity index is 2880. The van der Waals surface area contributed by atoms with Gasteiger partial charge in [0.1, 0.15) is 11.2 Å². The van der Waals surface area contributed by atoms with E-state index in [9.17, 15) is 0 Å². The van der Waals surface area contributed by atoms with Crippen molar-refractivity contribution in [3.05, 3.63) is 164 Å². The van der Waals surface area contributed by atoms with E-state index in [-0.39, 0.29) is 0 Å². The molecule has 0 saturated carbocycles. The van der Waals surface area contributed by atoms with E-state index in [0.717, 1.165) is 55.1 Å². The molecule has 4 nitrogen and oxygen atoms in total. The molecule has 0 aliphatic heterocycles. The average molecular weight is 626 g/mol. The number of nitrogens with zero attached hydrogens (tertiary/aromatic N) is 3. The quantitative estimate of drug-likeness (QED) is 0.183. The first-order chi connectivity index (χ1) is 24.3. The number of rotatable bonds is 4. The Morgan fingerprint density at radius 3 is 1.76 bits per heavy atom. The van der Waals surface area contributed by atoms with Crippen molar-refractivity contribution < 1.29 is 4.42 Å². The van der Waals surface area contributed by atoms with Crippen molar-refractivity contribution in [1.29, 1.82) is 0 Å². The number of hydrogen-bond donors (Lipinski definition) is 0. The fraction of sp³-hybridized carbons (Fsp3) is 0. The van der Waals surface area contributed by atoms with Gasteiger partial charge in [-0.05, 0) is 62.1 Å². The van der Waals surface area contributed by atoms with Crippen LogP contribution >= 0.6 is 0 Å². The highest BCUT2D eigenvalue weighted by Crippen LogP contribution is 2.42. The minimum atomic E-state index is 0.602. The first kappa shape index (κ1) is 27.5. The lowest BCUT2D eigenvalue weighted by atomic mass is 9.95. The Morgan fingerprint density at radius 1 is 0.347 bits per heavy atom. The fourth-order valence-electron chi connectivity index (χ4n) is 7.18. The lowest BCUT2D eigenvalue weighted by Gasteiger charge is -2.12. The second-order valence-corrected chi connectivity index (χ2v) is 12.4. The molecule has 2 aromatic heterocycles. The molecular formula is C45H27N3O. The predicted molar refractivity (Wildman–Crippen MR) is 201 cm³/mol. The largest absolute Gasteiger partial charge is 0.455 e. The van der Waals surface area contributed by atoms with E-state index in [1.54, 1.807) is 0 Å². The van der Waals surface area contributed by atoms with E-state index in [1.807, 2.05) is 54.6 Å². The van der Waals surface area contributed by atoms with Gasteiger partial charge in [-0.2, -0.15) is 0 Å². The standard InChI is InChI=1S/C45H27N3O/c1-3-11-28(12-4-1)36-25-26-38(41-37-17-9-10-18-39(37)49-42(36)41)45-47-43(31-14-5-2-6-15-31)46-44(48-45)33-23-24-35-32(27-33)22-21-30-20-19-29-13-7-8-16-34(29)40(30)35/h1-27H. The molecule has 0 atom stereocenters. The number of hydrogen-bond acceptors (Lipinski definition) is 4. The van der Waals surface area contributed by atoms with E-state index in [4.69, 9.17) is 19.4 Å². The minimum Gasteiger partial charge on any atom is -0.455 e. The molecule has 0 saturated heterocycles. The maximum Gasteiger partial charge on any atom is 0.164 e. The number of aromatic nitrogens is 3. The molecule has 0 spiro atoms. The van der Waals surface area contributed by atoms with Crippen LogP contribution in [0.5, 0.6) is 0 Å². The van der Waals surface area contributed by atoms with Gasteiger partial charge in [-0.3, -0.25) is 0 Å². The highest BCUT2D eigenvalue weighted by Gasteiger charge is 2.21. The van der Waals surface area contributed by atoms with Crippen LogP contribution in [0.2, 0.25) is 0 Å². The summed E-state index contributed by atoms with van der Waals surface area (Å²) in [7, 11) is 0. The summed E-state index contributed by atoms with van der Waals surface area (Å²) in [6.45, 7) is 0. The molecule has 10 rings (SSSR count). The Morgan fingerprint density at radius 2 is 0.939 bits per heavy atom. The van der Waals surface area contributed by atoms with Gasteiger partial charge in [0.25, 0.3) is 0 Å². The lowest BCUT2D eigenvalue weighted by Crippen LogP contribution is -2.00. The van der Waals surface area contributed by atoms with Crippen LogP contribution in [-0.2, 0) is 0 Å². The molecule has 0 radical (unpaired) electrons. The summed E-state index contributed by atoms with van der Waals surface area (Å²) in [4.78, 5) is 15.4. The number of fused-ring (bicyclic) bond motifs is 8. The highest BCUT2D eigenvalue weighted by molar-refractivity contribution is 6.20. The van der Waals surface area contributed by atoms with Crippen molar-refractivity contribution >= 4 is 54.3 Å². The van der Waals surface area contributed by atoms with Gasteiger partial charge in [0.2, 0.25) is 0 Å². The Labute approximate surface area is 282 Å². The third kappa shape index (κ3) is 4.49. The number of benzene rings is 8. The summed E-state index contributed by atoms with van der Waals surface area (Å²) in [6.07, 6.45) is 0. The van der Waals surface area contributed by atoms with Crippen molar-refractivity contribution in [3.63, 3.8) is 0 Å². The van der Waals surface area contributed by atoms with Gasteiger partial charge in [-0.1, -0.05) is 140 Å². The van der Waals surface area contributed by atoms with Crippen LogP contribution in [0.1, 0.15) is 0 Å². The zero-order chi connectivity index (χ0) is 32.3. The minimum absolute atomic E-state index is 0.602. The van der Waals surface area contributed by atoms with Crippen LogP contribution in [0.4, 0.5) is 0 Å². The van der Waals surface area contributed by atoms with Crippen LogP contribution < -0.4 is 0 Å². The van der Waals surface area contributed by atoms with Gasteiger partial charge in [-0.15, -0.1) is 0 Å². The van der Waals surface area contributed by atoms with E-state index in [0.29, 0.717) is 17.5 Å². The second kappa shape index (κ2) is 11.0. The molecule has 49 heavy (non-hydrogen) atoms. The van der Waals surface area contributed by atoms with Gasteiger partial charge in [0.05, 0.1) is 0 Å². The molecule has 0 unspecified atom stereocenters. The van der Waals surface area contributed by atoms with Crippen LogP contribution in [0.3, 0.4) is 0 Å². The molecule has 0 bridgehead atoms. The molecule has 0 aliphatic carbocycles. The van der Waals surface area contributed by atoms with Crippen molar-refractivity contribution in [2.75, 3.05) is 0 Å². The monoisotopic (exact) mass is 625 g/mol. The van der Waals surface area contributed by atoms with E-state index >= 15 is 0 Å². The normalized spacial score (nSPS) is 11.7. The summed E-state index contributed by atoms with van der Waals surface area (Å²) in [5, 5.41) is 9.33. The zero-order valence-corrected chi connectivity index (χ0v) is 26.3. The smallest absolute Gasteiger partial charge is 0.164 e. The van der Waals surface area contributed by atoms with Crippen molar-refractivity contribution in [1.82, 2.24) is 15.0 Å². The average Bonchev–Trinajstić information content (AvgIpc) is 3.57. The summed E-state index contributed by atoms with van der Waals surface area (Å²) in [6, 6.07) is 56.8. The highest BCUT2D eigenvalue weighted by atomic mass is 16.3. The fourth-order valence-corrected chi connectivity index (χ4v) is 7.18. The molecule has 4 heteroatoms. The SMILES string of the molecule is c1ccc(-c2nc(-c3ccc4c(ccc5ccc6ccccc6c54)c3)nc(-c3ccc(-c4ccccc4)c4oc5ccccc5c34)n2)cc1. The second-order valence-electron chi connectivity index (χ2n) is 12.4. The molecule has 228 valence electrons. The van der Waals surface area contributed by atoms with Gasteiger partial charge in [0, 0.05) is 33.0 Å². The molecule has 0 amide bonds. The molecule has 0 N–H and O–H groups in total. The van der Waals surface area contributed by atoms with Crippen molar-refractivity contribution in [3.8, 4) is 45.3 Å². The van der Waals surface area contributed by atoms with E-state index in [2.05, 4.69) is 109 Å². The maximum absolute atomic E-state index is 6.57. The Hall–Kier alpha value is -6.65. The predicted octanol–water partition coefficient (Wildman–Crippen LogP) is 11.9. The lowest BCUT2D eigenvalue weighted by molar-refractivity contribution is 0.670. The van der Waals surface area contributed by atoms with Crippen LogP contribution in [0.25, 0.3) is 99.5 Å². The first-order valence-corrected chi connectivity index (χ1v) is 16.4. The van der Waals surface area contributed by atoms with Gasteiger partial charge < -0.3 is 4.42 Å². The third-order valence-electron chi connectivity index (χ3n) is 9.50.